The molecule has 0 atom stereocenters. The fraction of sp³-hybridized carbons (Fsp3) is 0.333. The highest BCUT2D eigenvalue weighted by Crippen LogP contribution is 2.44. The number of ether oxygens (including phenoxy) is 1. The van der Waals surface area contributed by atoms with Gasteiger partial charge in [-0.1, -0.05) is 16.8 Å². The predicted molar refractivity (Wildman–Crippen MR) is 64.6 cm³/mol. The lowest BCUT2D eigenvalue weighted by molar-refractivity contribution is 0.106. The van der Waals surface area contributed by atoms with Crippen LogP contribution in [0.5, 0.6) is 5.75 Å². The molecular weight excluding hydrogens is 242 g/mol. The number of hydrogen-bond donors (Lipinski definition) is 1. The van der Waals surface area contributed by atoms with Crippen LogP contribution in [-0.4, -0.2) is 23.8 Å². The van der Waals surface area contributed by atoms with E-state index in [1.54, 1.807) is 26.0 Å². The molecule has 17 heavy (non-hydrogen) atoms. The highest BCUT2D eigenvalue weighted by Gasteiger charge is 2.46. The lowest BCUT2D eigenvalue weighted by Crippen LogP contribution is -2.27. The van der Waals surface area contributed by atoms with Crippen LogP contribution < -0.4 is 4.74 Å². The predicted octanol–water partition coefficient (Wildman–Crippen LogP) is 2.65. The molecule has 1 N–H and O–H groups in total. The molecule has 90 valence electrons. The summed E-state index contributed by atoms with van der Waals surface area (Å²) in [6, 6.07) is 3.31. The third-order valence-corrected chi connectivity index (χ3v) is 3.41. The monoisotopic (exact) mass is 253 g/mol. The largest absolute Gasteiger partial charge is 0.496 e. The Balaban J connectivity index is 2.85. The molecule has 1 aromatic carbocycles. The number of oxime groups is 1. The normalized spacial score (nSPS) is 19.5. The Bertz CT molecular complexity index is 535. The standard InChI is InChI=1S/C12H12ClNO3/c1-12(2)9-7(17-3)5-4-6(13)8(9)10(15)11(12)14-16/h4-5,16H,1-3H3. The fourth-order valence-electron chi connectivity index (χ4n) is 2.26. The fourth-order valence-corrected chi connectivity index (χ4v) is 2.51. The Morgan fingerprint density at radius 1 is 1.41 bits per heavy atom. The van der Waals surface area contributed by atoms with E-state index in [-0.39, 0.29) is 11.5 Å². The van der Waals surface area contributed by atoms with Gasteiger partial charge >= 0.3 is 0 Å². The summed E-state index contributed by atoms with van der Waals surface area (Å²) in [5.41, 5.74) is 0.408. The summed E-state index contributed by atoms with van der Waals surface area (Å²) in [7, 11) is 1.53. The number of Topliss-reactive ketones (excluding diaryl/α,β-unsaturated/α-hetero) is 1. The van der Waals surface area contributed by atoms with Crippen molar-refractivity contribution in [2.45, 2.75) is 19.3 Å². The van der Waals surface area contributed by atoms with Crippen LogP contribution in [0.15, 0.2) is 17.3 Å². The van der Waals surface area contributed by atoms with E-state index in [1.165, 1.54) is 7.11 Å². The van der Waals surface area contributed by atoms with Gasteiger partial charge in [0.15, 0.2) is 0 Å². The van der Waals surface area contributed by atoms with Crippen LogP contribution >= 0.6 is 11.6 Å². The number of carbonyl (C=O) groups is 1. The van der Waals surface area contributed by atoms with Crippen molar-refractivity contribution in [2.24, 2.45) is 5.16 Å². The summed E-state index contributed by atoms with van der Waals surface area (Å²) in [6.45, 7) is 3.59. The number of hydrogen-bond acceptors (Lipinski definition) is 4. The van der Waals surface area contributed by atoms with Crippen molar-refractivity contribution >= 4 is 23.1 Å². The van der Waals surface area contributed by atoms with Crippen LogP contribution in [0.1, 0.15) is 29.8 Å². The molecule has 0 radical (unpaired) electrons. The van der Waals surface area contributed by atoms with Crippen molar-refractivity contribution in [3.05, 3.63) is 28.3 Å². The van der Waals surface area contributed by atoms with Crippen molar-refractivity contribution in [3.63, 3.8) is 0 Å². The molecule has 0 heterocycles. The van der Waals surface area contributed by atoms with Gasteiger partial charge in [0.2, 0.25) is 5.78 Å². The molecule has 0 unspecified atom stereocenters. The lowest BCUT2D eigenvalue weighted by Gasteiger charge is -2.20. The number of ketones is 1. The summed E-state index contributed by atoms with van der Waals surface area (Å²) >= 11 is 6.03. The smallest absolute Gasteiger partial charge is 0.213 e. The molecule has 0 aliphatic heterocycles. The second-order valence-electron chi connectivity index (χ2n) is 4.40. The number of fused-ring (bicyclic) bond motifs is 1. The molecule has 1 aliphatic carbocycles. The van der Waals surface area contributed by atoms with E-state index >= 15 is 0 Å². The van der Waals surface area contributed by atoms with Gasteiger partial charge in [0.25, 0.3) is 0 Å². The van der Waals surface area contributed by atoms with Gasteiger partial charge in [-0.2, -0.15) is 0 Å². The van der Waals surface area contributed by atoms with Gasteiger partial charge in [-0.3, -0.25) is 4.79 Å². The number of nitrogens with zero attached hydrogens (tertiary/aromatic N) is 1. The average molecular weight is 254 g/mol. The van der Waals surface area contributed by atoms with Gasteiger partial charge < -0.3 is 9.94 Å². The quantitative estimate of drug-likeness (QED) is 0.618. The number of methoxy groups -OCH3 is 1. The van der Waals surface area contributed by atoms with Crippen LogP contribution in [0, 0.1) is 0 Å². The summed E-state index contributed by atoms with van der Waals surface area (Å²) in [6.07, 6.45) is 0. The Hall–Kier alpha value is -1.55. The number of rotatable bonds is 1. The van der Waals surface area contributed by atoms with E-state index in [4.69, 9.17) is 21.5 Å². The first kappa shape index (κ1) is 11.9. The van der Waals surface area contributed by atoms with Crippen LogP contribution in [0.4, 0.5) is 0 Å². The molecular formula is C12H12ClNO3. The van der Waals surface area contributed by atoms with Crippen molar-refractivity contribution in [3.8, 4) is 5.75 Å². The third-order valence-electron chi connectivity index (χ3n) is 3.10. The van der Waals surface area contributed by atoms with Gasteiger partial charge in [0.05, 0.1) is 17.7 Å². The van der Waals surface area contributed by atoms with Crippen molar-refractivity contribution < 1.29 is 14.7 Å². The molecule has 0 saturated heterocycles. The lowest BCUT2D eigenvalue weighted by atomic mass is 9.84. The minimum absolute atomic E-state index is 0.0823. The molecule has 1 aliphatic rings. The topological polar surface area (TPSA) is 58.9 Å². The third kappa shape index (κ3) is 1.44. The maximum atomic E-state index is 12.1. The van der Waals surface area contributed by atoms with Gasteiger partial charge in [-0.15, -0.1) is 0 Å². The molecule has 0 spiro atoms. The highest BCUT2D eigenvalue weighted by molar-refractivity contribution is 6.55. The molecule has 0 bridgehead atoms. The second-order valence-corrected chi connectivity index (χ2v) is 4.81. The van der Waals surface area contributed by atoms with E-state index in [2.05, 4.69) is 5.16 Å². The summed E-state index contributed by atoms with van der Waals surface area (Å²) in [4.78, 5) is 12.1. The SMILES string of the molecule is COc1ccc(Cl)c2c1C(C)(C)C(=NO)C2=O. The van der Waals surface area contributed by atoms with Crippen molar-refractivity contribution in [1.82, 2.24) is 0 Å². The minimum Gasteiger partial charge on any atom is -0.496 e. The summed E-state index contributed by atoms with van der Waals surface area (Å²) in [5, 5.41) is 12.4. The summed E-state index contributed by atoms with van der Waals surface area (Å²) in [5.74, 6) is 0.220. The first-order valence-electron chi connectivity index (χ1n) is 5.09. The molecule has 0 amide bonds. The number of halogens is 1. The number of benzene rings is 1. The number of carbonyl (C=O) groups excluding carboxylic acids is 1. The summed E-state index contributed by atoms with van der Waals surface area (Å²) < 4.78 is 5.24. The van der Waals surface area contributed by atoms with E-state index in [1.807, 2.05) is 0 Å². The van der Waals surface area contributed by atoms with E-state index in [0.29, 0.717) is 21.9 Å². The van der Waals surface area contributed by atoms with E-state index in [9.17, 15) is 4.79 Å². The maximum Gasteiger partial charge on any atom is 0.213 e. The first-order chi connectivity index (χ1) is 7.95. The highest BCUT2D eigenvalue weighted by atomic mass is 35.5. The molecule has 4 nitrogen and oxygen atoms in total. The second kappa shape index (κ2) is 3.74. The Morgan fingerprint density at radius 2 is 2.06 bits per heavy atom. The molecule has 2 rings (SSSR count). The van der Waals surface area contributed by atoms with Gasteiger partial charge in [-0.05, 0) is 26.0 Å². The zero-order valence-electron chi connectivity index (χ0n) is 9.74. The van der Waals surface area contributed by atoms with Gasteiger partial charge in [0, 0.05) is 11.0 Å². The molecule has 1 aromatic rings. The molecule has 0 saturated carbocycles. The molecule has 0 aromatic heterocycles. The Morgan fingerprint density at radius 3 is 2.59 bits per heavy atom. The zero-order valence-corrected chi connectivity index (χ0v) is 10.5. The van der Waals surface area contributed by atoms with Crippen LogP contribution in [0.3, 0.4) is 0 Å². The van der Waals surface area contributed by atoms with Gasteiger partial charge in [-0.25, -0.2) is 0 Å². The minimum atomic E-state index is -0.711. The van der Waals surface area contributed by atoms with Crippen molar-refractivity contribution in [2.75, 3.05) is 7.11 Å². The molecule has 0 fully saturated rings. The van der Waals surface area contributed by atoms with Crippen LogP contribution in [0.25, 0.3) is 0 Å². The van der Waals surface area contributed by atoms with Gasteiger partial charge in [0.1, 0.15) is 11.5 Å². The maximum absolute atomic E-state index is 12.1. The first-order valence-corrected chi connectivity index (χ1v) is 5.47. The van der Waals surface area contributed by atoms with Crippen LogP contribution in [0.2, 0.25) is 5.02 Å². The Labute approximate surface area is 104 Å². The van der Waals surface area contributed by atoms with E-state index in [0.717, 1.165) is 0 Å². The van der Waals surface area contributed by atoms with E-state index < -0.39 is 5.41 Å². The Kier molecular flexibility index (Phi) is 2.62. The average Bonchev–Trinajstić information content (AvgIpc) is 2.48. The van der Waals surface area contributed by atoms with Crippen molar-refractivity contribution in [1.29, 1.82) is 0 Å². The zero-order chi connectivity index (χ0) is 12.8. The van der Waals surface area contributed by atoms with Crippen LogP contribution in [-0.2, 0) is 5.41 Å². The molecule has 5 heteroatoms.